The lowest BCUT2D eigenvalue weighted by atomic mass is 10.1. The van der Waals surface area contributed by atoms with Crippen LogP contribution in [-0.4, -0.2) is 36.6 Å². The van der Waals surface area contributed by atoms with E-state index < -0.39 is 17.6 Å². The number of amides is 1. The molecule has 0 saturated heterocycles. The van der Waals surface area contributed by atoms with Crippen molar-refractivity contribution in [3.05, 3.63) is 71.5 Å². The monoisotopic (exact) mass is 458 g/mol. The zero-order chi connectivity index (χ0) is 22.7. The van der Waals surface area contributed by atoms with Crippen LogP contribution in [0.4, 0.5) is 18.9 Å². The van der Waals surface area contributed by atoms with Crippen LogP contribution < -0.4 is 5.32 Å². The fraction of sp³-hybridized carbons (Fsp3) is 0.190. The van der Waals surface area contributed by atoms with Gasteiger partial charge in [-0.25, -0.2) is 14.6 Å². The van der Waals surface area contributed by atoms with Crippen LogP contribution in [-0.2, 0) is 17.5 Å². The number of nitrogens with zero attached hydrogens (tertiary/aromatic N) is 5. The van der Waals surface area contributed by atoms with Crippen LogP contribution in [0.1, 0.15) is 16.7 Å². The number of aromatic nitrogens is 5. The van der Waals surface area contributed by atoms with E-state index >= 15 is 0 Å². The summed E-state index contributed by atoms with van der Waals surface area (Å²) in [5, 5.41) is 11.2. The summed E-state index contributed by atoms with van der Waals surface area (Å²) in [5.74, 6) is -0.527. The number of hydrogen-bond donors (Lipinski definition) is 1. The molecular weight excluding hydrogens is 441 g/mol. The van der Waals surface area contributed by atoms with Crippen molar-refractivity contribution in [1.82, 2.24) is 25.0 Å². The maximum atomic E-state index is 12.8. The Labute approximate surface area is 185 Å². The number of halogens is 3. The maximum Gasteiger partial charge on any atom is 0.416 e. The Morgan fingerprint density at radius 1 is 1.12 bits per heavy atom. The van der Waals surface area contributed by atoms with Crippen molar-refractivity contribution in [3.8, 4) is 0 Å². The number of aryl methyl sites for hydroxylation is 1. The van der Waals surface area contributed by atoms with E-state index in [2.05, 4.69) is 25.6 Å². The van der Waals surface area contributed by atoms with Crippen LogP contribution in [0.25, 0.3) is 11.2 Å². The van der Waals surface area contributed by atoms with Crippen LogP contribution >= 0.6 is 11.8 Å². The average Bonchev–Trinajstić information content (AvgIpc) is 3.17. The topological polar surface area (TPSA) is 85.6 Å². The van der Waals surface area contributed by atoms with Crippen molar-refractivity contribution >= 4 is 34.5 Å². The molecule has 2 heterocycles. The van der Waals surface area contributed by atoms with Gasteiger partial charge in [0, 0.05) is 5.69 Å². The van der Waals surface area contributed by atoms with Crippen LogP contribution in [0.5, 0.6) is 0 Å². The van der Waals surface area contributed by atoms with Gasteiger partial charge in [-0.3, -0.25) is 4.79 Å². The molecule has 0 aliphatic heterocycles. The summed E-state index contributed by atoms with van der Waals surface area (Å²) in [6.07, 6.45) is -3.11. The highest BCUT2D eigenvalue weighted by Gasteiger charge is 2.30. The molecule has 32 heavy (non-hydrogen) atoms. The molecule has 0 atom stereocenters. The molecule has 0 unspecified atom stereocenters. The Bertz CT molecular complexity index is 1260. The van der Waals surface area contributed by atoms with Gasteiger partial charge in [0.1, 0.15) is 11.4 Å². The van der Waals surface area contributed by atoms with Crippen molar-refractivity contribution in [2.75, 3.05) is 11.1 Å². The minimum absolute atomic E-state index is 0.0623. The van der Waals surface area contributed by atoms with Gasteiger partial charge in [0.15, 0.2) is 11.2 Å². The van der Waals surface area contributed by atoms with Gasteiger partial charge in [-0.05, 0) is 30.7 Å². The molecule has 7 nitrogen and oxygen atoms in total. The van der Waals surface area contributed by atoms with Crippen molar-refractivity contribution in [3.63, 3.8) is 0 Å². The Morgan fingerprint density at radius 3 is 2.66 bits per heavy atom. The van der Waals surface area contributed by atoms with Crippen molar-refractivity contribution in [1.29, 1.82) is 0 Å². The van der Waals surface area contributed by atoms with E-state index in [9.17, 15) is 18.0 Å². The summed E-state index contributed by atoms with van der Waals surface area (Å²) < 4.78 is 40.2. The Balaban J connectivity index is 1.44. The van der Waals surface area contributed by atoms with Gasteiger partial charge in [0.05, 0.1) is 17.9 Å². The quantitative estimate of drug-likeness (QED) is 0.342. The molecule has 1 N–H and O–H groups in total. The van der Waals surface area contributed by atoms with Gasteiger partial charge in [-0.1, -0.05) is 52.9 Å². The number of nitrogens with one attached hydrogen (secondary N) is 1. The van der Waals surface area contributed by atoms with Crippen molar-refractivity contribution in [2.45, 2.75) is 24.7 Å². The highest BCUT2D eigenvalue weighted by molar-refractivity contribution is 8.00. The second-order valence-electron chi connectivity index (χ2n) is 7.00. The predicted octanol–water partition coefficient (Wildman–Crippen LogP) is 4.33. The zero-order valence-corrected chi connectivity index (χ0v) is 17.6. The van der Waals surface area contributed by atoms with Gasteiger partial charge < -0.3 is 5.32 Å². The van der Waals surface area contributed by atoms with E-state index in [0.29, 0.717) is 22.7 Å². The first-order valence-electron chi connectivity index (χ1n) is 9.49. The second-order valence-corrected chi connectivity index (χ2v) is 7.96. The summed E-state index contributed by atoms with van der Waals surface area (Å²) >= 11 is 1.11. The van der Waals surface area contributed by atoms with E-state index in [1.807, 2.05) is 31.2 Å². The van der Waals surface area contributed by atoms with E-state index in [0.717, 1.165) is 35.0 Å². The molecule has 2 aromatic heterocycles. The number of carbonyl (C=O) groups is 1. The van der Waals surface area contributed by atoms with Crippen LogP contribution in [0, 0.1) is 6.92 Å². The molecule has 0 radical (unpaired) electrons. The van der Waals surface area contributed by atoms with E-state index in [1.54, 1.807) is 4.68 Å². The van der Waals surface area contributed by atoms with Crippen LogP contribution in [0.2, 0.25) is 0 Å². The third-order valence-electron chi connectivity index (χ3n) is 4.53. The largest absolute Gasteiger partial charge is 0.416 e. The minimum Gasteiger partial charge on any atom is -0.325 e. The number of carbonyl (C=O) groups excluding carboxylic acids is 1. The first kappa shape index (κ1) is 21.8. The van der Waals surface area contributed by atoms with E-state index in [4.69, 9.17) is 0 Å². The van der Waals surface area contributed by atoms with Crippen molar-refractivity contribution < 1.29 is 18.0 Å². The lowest BCUT2D eigenvalue weighted by Gasteiger charge is -2.09. The molecule has 164 valence electrons. The molecule has 0 aliphatic carbocycles. The summed E-state index contributed by atoms with van der Waals surface area (Å²) in [4.78, 5) is 20.7. The minimum atomic E-state index is -4.48. The third-order valence-corrected chi connectivity index (χ3v) is 5.51. The fourth-order valence-corrected chi connectivity index (χ4v) is 3.68. The zero-order valence-electron chi connectivity index (χ0n) is 16.8. The highest BCUT2D eigenvalue weighted by Crippen LogP contribution is 2.31. The highest BCUT2D eigenvalue weighted by atomic mass is 32.2. The average molecular weight is 458 g/mol. The molecule has 4 aromatic rings. The molecule has 2 aromatic carbocycles. The Hall–Kier alpha value is -3.47. The third kappa shape index (κ3) is 5.05. The summed E-state index contributed by atoms with van der Waals surface area (Å²) in [5.41, 5.74) is 2.42. The molecular formula is C21H17F3N6OS. The standard InChI is InChI=1S/C21H17F3N6OS/c1-13-5-7-14(8-6-13)10-30-19-18(28-29-30)20(26-12-25-19)32-11-17(31)27-16-4-2-3-15(9-16)21(22,23)24/h2-9,12H,10-11H2,1H3,(H,27,31). The maximum absolute atomic E-state index is 12.8. The second kappa shape index (κ2) is 8.95. The fourth-order valence-electron chi connectivity index (χ4n) is 2.95. The number of alkyl halides is 3. The van der Waals surface area contributed by atoms with Crippen LogP contribution in [0.15, 0.2) is 59.9 Å². The predicted molar refractivity (Wildman–Crippen MR) is 114 cm³/mol. The molecule has 0 saturated carbocycles. The number of rotatable bonds is 6. The number of thioether (sulfide) groups is 1. The summed E-state index contributed by atoms with van der Waals surface area (Å²) in [6, 6.07) is 12.5. The van der Waals surface area contributed by atoms with Gasteiger partial charge >= 0.3 is 6.18 Å². The number of fused-ring (bicyclic) bond motifs is 1. The normalized spacial score (nSPS) is 11.6. The molecule has 0 aliphatic rings. The van der Waals surface area contributed by atoms with Gasteiger partial charge in [0.2, 0.25) is 5.91 Å². The van der Waals surface area contributed by atoms with E-state index in [1.165, 1.54) is 18.5 Å². The van der Waals surface area contributed by atoms with Gasteiger partial charge in [-0.15, -0.1) is 5.10 Å². The van der Waals surface area contributed by atoms with E-state index in [-0.39, 0.29) is 11.4 Å². The van der Waals surface area contributed by atoms with Crippen LogP contribution in [0.3, 0.4) is 0 Å². The molecule has 0 fully saturated rings. The Morgan fingerprint density at radius 2 is 1.91 bits per heavy atom. The molecule has 0 spiro atoms. The van der Waals surface area contributed by atoms with Crippen molar-refractivity contribution in [2.24, 2.45) is 0 Å². The SMILES string of the molecule is Cc1ccc(Cn2nnc3c(SCC(=O)Nc4cccc(C(F)(F)F)c4)ncnc32)cc1. The summed E-state index contributed by atoms with van der Waals surface area (Å²) in [6.45, 7) is 2.49. The van der Waals surface area contributed by atoms with Gasteiger partial charge in [-0.2, -0.15) is 13.2 Å². The number of hydrogen-bond acceptors (Lipinski definition) is 6. The lowest BCUT2D eigenvalue weighted by Crippen LogP contribution is -2.15. The smallest absolute Gasteiger partial charge is 0.325 e. The molecule has 0 bridgehead atoms. The number of anilines is 1. The van der Waals surface area contributed by atoms with Gasteiger partial charge in [0.25, 0.3) is 0 Å². The molecule has 11 heteroatoms. The number of benzene rings is 2. The lowest BCUT2D eigenvalue weighted by molar-refractivity contribution is -0.137. The Kier molecular flexibility index (Phi) is 6.08. The first-order valence-corrected chi connectivity index (χ1v) is 10.5. The first-order chi connectivity index (χ1) is 15.3. The summed E-state index contributed by atoms with van der Waals surface area (Å²) in [7, 11) is 0. The molecule has 1 amide bonds. The molecule has 4 rings (SSSR count).